The van der Waals surface area contributed by atoms with Gasteiger partial charge in [0, 0.05) is 33.9 Å². The van der Waals surface area contributed by atoms with Gasteiger partial charge in [0.15, 0.2) is 0 Å². The van der Waals surface area contributed by atoms with Crippen molar-refractivity contribution >= 4 is 37.3 Å². The first kappa shape index (κ1) is 14.1. The summed E-state index contributed by atoms with van der Waals surface area (Å²) >= 11 is 5.07. The summed E-state index contributed by atoms with van der Waals surface area (Å²) in [6, 6.07) is 2.30. The Morgan fingerprint density at radius 3 is 2.69 bits per heavy atom. The van der Waals surface area contributed by atoms with E-state index in [1.165, 1.54) is 4.88 Å². The van der Waals surface area contributed by atoms with Crippen LogP contribution in [-0.4, -0.2) is 27.8 Å². The van der Waals surface area contributed by atoms with E-state index in [1.54, 1.807) is 11.3 Å². The Labute approximate surface area is 109 Å². The normalized spacial score (nSPS) is 13.9. The third-order valence-corrected chi connectivity index (χ3v) is 4.56. The number of halogens is 1. The maximum atomic E-state index is 10.8. The summed E-state index contributed by atoms with van der Waals surface area (Å²) in [6.07, 6.45) is 1.16. The molecule has 1 rings (SSSR count). The third-order valence-electron chi connectivity index (χ3n) is 1.95. The van der Waals surface area contributed by atoms with Gasteiger partial charge < -0.3 is 5.32 Å². The third kappa shape index (κ3) is 5.40. The van der Waals surface area contributed by atoms with Gasteiger partial charge in [-0.15, -0.1) is 11.3 Å². The molecule has 92 valence electrons. The van der Waals surface area contributed by atoms with Gasteiger partial charge in [-0.25, -0.2) is 13.1 Å². The van der Waals surface area contributed by atoms with Crippen LogP contribution in [0.3, 0.4) is 0 Å². The lowest BCUT2D eigenvalue weighted by Gasteiger charge is -2.11. The van der Waals surface area contributed by atoms with Crippen molar-refractivity contribution in [3.8, 4) is 0 Å². The van der Waals surface area contributed by atoms with Crippen LogP contribution >= 0.6 is 27.3 Å². The van der Waals surface area contributed by atoms with Crippen molar-refractivity contribution in [3.63, 3.8) is 0 Å². The van der Waals surface area contributed by atoms with Crippen LogP contribution < -0.4 is 10.0 Å². The van der Waals surface area contributed by atoms with Crippen molar-refractivity contribution in [2.75, 3.05) is 19.3 Å². The van der Waals surface area contributed by atoms with E-state index in [-0.39, 0.29) is 6.04 Å². The highest BCUT2D eigenvalue weighted by Crippen LogP contribution is 2.24. The average Bonchev–Trinajstić information content (AvgIpc) is 2.57. The SMILES string of the molecule is CC(NCCNS(C)(=O)=O)c1cc(Br)cs1. The summed E-state index contributed by atoms with van der Waals surface area (Å²) in [6.45, 7) is 3.08. The highest BCUT2D eigenvalue weighted by molar-refractivity contribution is 9.10. The topological polar surface area (TPSA) is 58.2 Å². The van der Waals surface area contributed by atoms with Crippen LogP contribution in [0.4, 0.5) is 0 Å². The molecule has 0 aliphatic heterocycles. The molecule has 0 spiro atoms. The molecule has 2 N–H and O–H groups in total. The number of nitrogens with one attached hydrogen (secondary N) is 2. The van der Waals surface area contributed by atoms with Crippen LogP contribution in [0.1, 0.15) is 17.8 Å². The van der Waals surface area contributed by atoms with Crippen molar-refractivity contribution in [1.29, 1.82) is 0 Å². The molecule has 0 fully saturated rings. The molecule has 0 bridgehead atoms. The summed E-state index contributed by atoms with van der Waals surface area (Å²) in [5.41, 5.74) is 0. The molecule has 1 atom stereocenters. The Balaban J connectivity index is 2.28. The predicted octanol–water partition coefficient (Wildman–Crippen LogP) is 1.71. The molecule has 4 nitrogen and oxygen atoms in total. The highest BCUT2D eigenvalue weighted by atomic mass is 79.9. The molecule has 1 aromatic rings. The van der Waals surface area contributed by atoms with E-state index in [0.29, 0.717) is 13.1 Å². The molecule has 0 aliphatic carbocycles. The van der Waals surface area contributed by atoms with Crippen LogP contribution in [0.2, 0.25) is 0 Å². The molecule has 0 radical (unpaired) electrons. The minimum absolute atomic E-state index is 0.234. The molecule has 1 heterocycles. The van der Waals surface area contributed by atoms with Gasteiger partial charge in [-0.2, -0.15) is 0 Å². The molecule has 0 amide bonds. The van der Waals surface area contributed by atoms with Crippen molar-refractivity contribution in [2.24, 2.45) is 0 Å². The van der Waals surface area contributed by atoms with Gasteiger partial charge >= 0.3 is 0 Å². The number of sulfonamides is 1. The van der Waals surface area contributed by atoms with Crippen LogP contribution in [0.15, 0.2) is 15.9 Å². The van der Waals surface area contributed by atoms with Crippen LogP contribution in [0.25, 0.3) is 0 Å². The monoisotopic (exact) mass is 326 g/mol. The smallest absolute Gasteiger partial charge is 0.208 e. The Morgan fingerprint density at radius 2 is 2.19 bits per heavy atom. The zero-order valence-corrected chi connectivity index (χ0v) is 12.4. The Kier molecular flexibility index (Phi) is 5.39. The first-order chi connectivity index (χ1) is 7.38. The standard InChI is InChI=1S/C9H15BrN2O2S2/c1-7(9-5-8(10)6-15-9)11-3-4-12-16(2,13)14/h5-7,11-12H,3-4H2,1-2H3. The average molecular weight is 327 g/mol. The zero-order chi connectivity index (χ0) is 12.2. The van der Waals surface area contributed by atoms with Crippen molar-refractivity contribution in [1.82, 2.24) is 10.0 Å². The molecular formula is C9H15BrN2O2S2. The lowest BCUT2D eigenvalue weighted by Crippen LogP contribution is -2.32. The summed E-state index contributed by atoms with van der Waals surface area (Å²) in [5.74, 6) is 0. The zero-order valence-electron chi connectivity index (χ0n) is 9.16. The maximum Gasteiger partial charge on any atom is 0.208 e. The van der Waals surface area contributed by atoms with Crippen LogP contribution in [0.5, 0.6) is 0 Å². The van der Waals surface area contributed by atoms with Crippen molar-refractivity contribution in [3.05, 3.63) is 20.8 Å². The lowest BCUT2D eigenvalue weighted by molar-refractivity contribution is 0.560. The lowest BCUT2D eigenvalue weighted by atomic mass is 10.3. The molecule has 1 unspecified atom stereocenters. The van der Waals surface area contributed by atoms with E-state index in [4.69, 9.17) is 0 Å². The van der Waals surface area contributed by atoms with E-state index in [0.717, 1.165) is 10.7 Å². The van der Waals surface area contributed by atoms with E-state index in [1.807, 2.05) is 5.38 Å². The first-order valence-electron chi connectivity index (χ1n) is 4.80. The van der Waals surface area contributed by atoms with Gasteiger partial charge in [0.2, 0.25) is 10.0 Å². The van der Waals surface area contributed by atoms with Crippen molar-refractivity contribution in [2.45, 2.75) is 13.0 Å². The fraction of sp³-hybridized carbons (Fsp3) is 0.556. The number of rotatable bonds is 6. The molecule has 0 saturated carbocycles. The van der Waals surface area contributed by atoms with Crippen molar-refractivity contribution < 1.29 is 8.42 Å². The van der Waals surface area contributed by atoms with Gasteiger partial charge in [0.25, 0.3) is 0 Å². The number of hydrogen-bond donors (Lipinski definition) is 2. The van der Waals surface area contributed by atoms with Gasteiger partial charge in [-0.1, -0.05) is 0 Å². The Hall–Kier alpha value is 0.0500. The van der Waals surface area contributed by atoms with E-state index < -0.39 is 10.0 Å². The quantitative estimate of drug-likeness (QED) is 0.782. The predicted molar refractivity (Wildman–Crippen MR) is 71.3 cm³/mol. The highest BCUT2D eigenvalue weighted by Gasteiger charge is 2.07. The number of hydrogen-bond acceptors (Lipinski definition) is 4. The van der Waals surface area contributed by atoms with E-state index in [9.17, 15) is 8.42 Å². The van der Waals surface area contributed by atoms with Crippen LogP contribution in [0, 0.1) is 0 Å². The molecule has 0 aromatic carbocycles. The fourth-order valence-corrected chi connectivity index (χ4v) is 3.13. The molecule has 16 heavy (non-hydrogen) atoms. The molecule has 0 aliphatic rings. The second-order valence-corrected chi connectivity index (χ2v) is 7.20. The van der Waals surface area contributed by atoms with E-state index >= 15 is 0 Å². The van der Waals surface area contributed by atoms with Gasteiger partial charge in [0.05, 0.1) is 6.26 Å². The number of thiophene rings is 1. The second-order valence-electron chi connectivity index (χ2n) is 3.51. The Morgan fingerprint density at radius 1 is 1.50 bits per heavy atom. The second kappa shape index (κ2) is 6.11. The maximum absolute atomic E-state index is 10.8. The molecule has 7 heteroatoms. The largest absolute Gasteiger partial charge is 0.308 e. The molecule has 1 aromatic heterocycles. The van der Waals surface area contributed by atoms with Gasteiger partial charge in [-0.3, -0.25) is 0 Å². The Bertz CT molecular complexity index is 430. The fourth-order valence-electron chi connectivity index (χ4n) is 1.18. The summed E-state index contributed by atoms with van der Waals surface area (Å²) in [4.78, 5) is 1.23. The van der Waals surface area contributed by atoms with Gasteiger partial charge in [0.1, 0.15) is 0 Å². The van der Waals surface area contributed by atoms with Crippen LogP contribution in [-0.2, 0) is 10.0 Å². The minimum Gasteiger partial charge on any atom is -0.308 e. The molecular weight excluding hydrogens is 312 g/mol. The van der Waals surface area contributed by atoms with E-state index in [2.05, 4.69) is 39.0 Å². The molecule has 0 saturated heterocycles. The summed E-state index contributed by atoms with van der Waals surface area (Å²) < 4.78 is 25.1. The minimum atomic E-state index is -3.08. The van der Waals surface area contributed by atoms with Gasteiger partial charge in [-0.05, 0) is 28.9 Å². The summed E-state index contributed by atoms with van der Waals surface area (Å²) in [5, 5.41) is 5.28. The summed E-state index contributed by atoms with van der Waals surface area (Å²) in [7, 11) is -3.08. The first-order valence-corrected chi connectivity index (χ1v) is 8.37.